The molecule has 4 saturated heterocycles. The van der Waals surface area contributed by atoms with Crippen molar-refractivity contribution in [2.24, 2.45) is 34.5 Å². The van der Waals surface area contributed by atoms with Gasteiger partial charge in [0, 0.05) is 7.11 Å². The van der Waals surface area contributed by atoms with Crippen molar-refractivity contribution in [1.82, 2.24) is 0 Å². The van der Waals surface area contributed by atoms with Crippen molar-refractivity contribution in [3.63, 3.8) is 0 Å². The summed E-state index contributed by atoms with van der Waals surface area (Å²) in [6.07, 6.45) is -18.5. The third-order valence-corrected chi connectivity index (χ3v) is 17.5. The van der Waals surface area contributed by atoms with Crippen molar-refractivity contribution < 1.29 is 104 Å². The summed E-state index contributed by atoms with van der Waals surface area (Å²) in [7, 11) is 1.41. The van der Waals surface area contributed by atoms with Crippen LogP contribution in [0.3, 0.4) is 0 Å². The predicted octanol–water partition coefficient (Wildman–Crippen LogP) is -2.71. The van der Waals surface area contributed by atoms with Crippen LogP contribution in [-0.2, 0) is 42.6 Å². The molecule has 0 amide bonds. The number of fused-ring (bicyclic) bond motifs is 5. The first-order valence-electron chi connectivity index (χ1n) is 24.2. The normalized spacial score (nSPS) is 54.1. The molecule has 28 atom stereocenters. The molecule has 0 aromatic heterocycles. The van der Waals surface area contributed by atoms with Gasteiger partial charge in [-0.15, -0.1) is 0 Å². The number of aliphatic hydroxyl groups is 12. The number of methoxy groups -OCH3 is 1. The van der Waals surface area contributed by atoms with Crippen LogP contribution in [0.15, 0.2) is 11.6 Å². The van der Waals surface area contributed by atoms with Crippen LogP contribution in [0.1, 0.15) is 79.1 Å². The molecule has 386 valence electrons. The van der Waals surface area contributed by atoms with Gasteiger partial charge < -0.3 is 104 Å². The summed E-state index contributed by atoms with van der Waals surface area (Å²) in [5.74, 6) is 1.39. The summed E-state index contributed by atoms with van der Waals surface area (Å²) in [5.41, 5.74) is 1.21. The summed E-state index contributed by atoms with van der Waals surface area (Å²) in [4.78, 5) is 0. The van der Waals surface area contributed by atoms with Gasteiger partial charge in [0.25, 0.3) is 0 Å². The second-order valence-corrected chi connectivity index (χ2v) is 21.1. The molecule has 4 aliphatic carbocycles. The third-order valence-electron chi connectivity index (χ3n) is 17.5. The molecular weight excluding hydrogens is 888 g/mol. The molecule has 4 heterocycles. The molecular formula is C46H76O21. The first kappa shape index (κ1) is 52.2. The Morgan fingerprint density at radius 1 is 0.627 bits per heavy atom. The molecule has 0 spiro atoms. The average Bonchev–Trinajstić information content (AvgIpc) is 3.67. The van der Waals surface area contributed by atoms with Gasteiger partial charge in [0.15, 0.2) is 25.2 Å². The van der Waals surface area contributed by atoms with Gasteiger partial charge in [0.05, 0.1) is 38.1 Å². The Kier molecular flexibility index (Phi) is 16.2. The van der Waals surface area contributed by atoms with Gasteiger partial charge in [-0.25, -0.2) is 0 Å². The van der Waals surface area contributed by atoms with Gasteiger partial charge in [-0.2, -0.15) is 0 Å². The minimum atomic E-state index is -1.67. The Hall–Kier alpha value is -1.10. The molecule has 21 nitrogen and oxygen atoms in total. The zero-order valence-corrected chi connectivity index (χ0v) is 38.9. The third kappa shape index (κ3) is 9.56. The zero-order valence-electron chi connectivity index (χ0n) is 38.9. The van der Waals surface area contributed by atoms with E-state index in [1.165, 1.54) is 12.7 Å². The number of rotatable bonds is 13. The number of aliphatic hydroxyl groups excluding tert-OH is 12. The van der Waals surface area contributed by atoms with Gasteiger partial charge >= 0.3 is 0 Å². The van der Waals surface area contributed by atoms with E-state index in [9.17, 15) is 61.3 Å². The van der Waals surface area contributed by atoms with Crippen LogP contribution in [0.4, 0.5) is 0 Å². The smallest absolute Gasteiger partial charge is 0.187 e. The van der Waals surface area contributed by atoms with Crippen molar-refractivity contribution in [1.29, 1.82) is 0 Å². The Labute approximate surface area is 390 Å². The molecule has 12 N–H and O–H groups in total. The first-order chi connectivity index (χ1) is 31.8. The van der Waals surface area contributed by atoms with Crippen LogP contribution in [0.2, 0.25) is 0 Å². The fourth-order valence-corrected chi connectivity index (χ4v) is 13.5. The molecule has 0 radical (unpaired) electrons. The average molecular weight is 965 g/mol. The van der Waals surface area contributed by atoms with Crippen LogP contribution in [0, 0.1) is 34.5 Å². The van der Waals surface area contributed by atoms with E-state index in [-0.39, 0.29) is 22.9 Å². The van der Waals surface area contributed by atoms with Crippen molar-refractivity contribution in [3.8, 4) is 0 Å². The molecule has 4 aliphatic heterocycles. The SMILES string of the molecule is CO[C@@H]1[C@@H](O)[C@H](O[C@H]2CC[C@@]3(C)C(=CC[C@H]4[C@@H]5CC[C@H]([C@H](C)O[C@@H]6O[C@H](CO[C@@H]7O[C@H](CO)[C@@H](O)[C@H](O)[C@H]7O)[C@@H](O)[C@H](O)[C@H]6O)[C@@]5(C)CC[C@@H]43)C2)O[C@H](C)[C@@H]1O[C@@H]1O[C@H](CO)[C@@H](O)[C@H](O)[C@H]1O. The van der Waals surface area contributed by atoms with Crippen LogP contribution in [0.25, 0.3) is 0 Å². The quantitative estimate of drug-likeness (QED) is 0.0835. The number of hydrogen-bond acceptors (Lipinski definition) is 21. The highest BCUT2D eigenvalue weighted by Crippen LogP contribution is 2.67. The van der Waals surface area contributed by atoms with Crippen LogP contribution in [-0.4, -0.2) is 223 Å². The fourth-order valence-electron chi connectivity index (χ4n) is 13.5. The summed E-state index contributed by atoms with van der Waals surface area (Å²) in [6, 6.07) is 0. The topological polar surface area (TPSA) is 326 Å². The van der Waals surface area contributed by atoms with Crippen LogP contribution in [0.5, 0.6) is 0 Å². The lowest BCUT2D eigenvalue weighted by molar-refractivity contribution is -0.361. The maximum atomic E-state index is 11.5. The molecule has 8 aliphatic rings. The molecule has 67 heavy (non-hydrogen) atoms. The lowest BCUT2D eigenvalue weighted by Crippen LogP contribution is -2.64. The molecule has 21 heteroatoms. The Balaban J connectivity index is 0.866. The molecule has 8 rings (SSSR count). The highest BCUT2D eigenvalue weighted by Gasteiger charge is 2.61. The summed E-state index contributed by atoms with van der Waals surface area (Å²) < 4.78 is 53.4. The first-order valence-corrected chi connectivity index (χ1v) is 24.2. The molecule has 0 aromatic carbocycles. The number of allylic oxidation sites excluding steroid dienone is 1. The molecule has 3 saturated carbocycles. The van der Waals surface area contributed by atoms with Crippen LogP contribution >= 0.6 is 0 Å². The van der Waals surface area contributed by atoms with Crippen molar-refractivity contribution in [2.75, 3.05) is 26.9 Å². The predicted molar refractivity (Wildman–Crippen MR) is 227 cm³/mol. The lowest BCUT2D eigenvalue weighted by Gasteiger charge is -2.58. The summed E-state index contributed by atoms with van der Waals surface area (Å²) in [5, 5.41) is 125. The maximum absolute atomic E-state index is 11.5. The Morgan fingerprint density at radius 2 is 1.21 bits per heavy atom. The van der Waals surface area contributed by atoms with Gasteiger partial charge in [0.2, 0.25) is 0 Å². The van der Waals surface area contributed by atoms with E-state index in [0.717, 1.165) is 44.9 Å². The van der Waals surface area contributed by atoms with E-state index >= 15 is 0 Å². The minimum absolute atomic E-state index is 0.0489. The highest BCUT2D eigenvalue weighted by atomic mass is 16.8. The fraction of sp³-hybridized carbons (Fsp3) is 0.957. The van der Waals surface area contributed by atoms with Gasteiger partial charge in [-0.1, -0.05) is 25.5 Å². The van der Waals surface area contributed by atoms with Gasteiger partial charge in [-0.3, -0.25) is 0 Å². The minimum Gasteiger partial charge on any atom is -0.394 e. The van der Waals surface area contributed by atoms with Gasteiger partial charge in [-0.05, 0) is 99.7 Å². The monoisotopic (exact) mass is 964 g/mol. The Morgan fingerprint density at radius 3 is 1.85 bits per heavy atom. The lowest BCUT2D eigenvalue weighted by atomic mass is 9.47. The van der Waals surface area contributed by atoms with E-state index in [1.807, 2.05) is 6.92 Å². The number of hydrogen-bond donors (Lipinski definition) is 12. The van der Waals surface area contributed by atoms with E-state index in [1.54, 1.807) is 6.92 Å². The van der Waals surface area contributed by atoms with Crippen LogP contribution < -0.4 is 0 Å². The maximum Gasteiger partial charge on any atom is 0.187 e. The molecule has 0 bridgehead atoms. The van der Waals surface area contributed by atoms with Crippen molar-refractivity contribution >= 4 is 0 Å². The second-order valence-electron chi connectivity index (χ2n) is 21.1. The second kappa shape index (κ2) is 20.8. The van der Waals surface area contributed by atoms with Crippen molar-refractivity contribution in [2.45, 2.75) is 214 Å². The van der Waals surface area contributed by atoms with E-state index in [4.69, 9.17) is 42.6 Å². The van der Waals surface area contributed by atoms with E-state index in [2.05, 4.69) is 19.9 Å². The highest BCUT2D eigenvalue weighted by molar-refractivity contribution is 5.25. The summed E-state index contributed by atoms with van der Waals surface area (Å²) >= 11 is 0. The van der Waals surface area contributed by atoms with Gasteiger partial charge in [0.1, 0.15) is 91.6 Å². The molecule has 0 aromatic rings. The summed E-state index contributed by atoms with van der Waals surface area (Å²) in [6.45, 7) is 6.69. The number of ether oxygens (including phenoxy) is 9. The molecule has 0 unspecified atom stereocenters. The Bertz CT molecular complexity index is 1670. The van der Waals surface area contributed by atoms with E-state index in [0.29, 0.717) is 24.2 Å². The standard InChI is InChI=1S/C46H76O21/c1-18(61-42-36(56)34(54)31(51)28(66-42)17-60-41-35(55)32(52)29(49)26(15-47)64-41)23-8-9-24-22-7-6-20-14-21(10-12-45(20,3)25(22)11-13-46(23,24)4)63-44-38(58)40(59-5)39(19(2)62-44)67-43-37(57)33(53)30(50)27(16-48)65-43/h6,18-19,21-44,47-58H,7-17H2,1-5H3/t18-,19+,21-,22-,23+,24-,25-,26+,27+,28+,29+,30+,31+,32-,33-,34-,35+,36+,37+,38+,39-,40+,41+,42+,43-,44-,45-,46+/m0/s1. The largest absolute Gasteiger partial charge is 0.394 e. The van der Waals surface area contributed by atoms with E-state index < -0.39 is 149 Å². The zero-order chi connectivity index (χ0) is 48.4. The van der Waals surface area contributed by atoms with Crippen molar-refractivity contribution in [3.05, 3.63) is 11.6 Å². The molecule has 7 fully saturated rings.